The minimum Gasteiger partial charge on any atom is -0.466 e. The molecule has 0 saturated carbocycles. The number of hydrogen-bond donors (Lipinski definition) is 2. The first-order valence-electron chi connectivity index (χ1n) is 6.80. The lowest BCUT2D eigenvalue weighted by atomic mass is 10.0. The first kappa shape index (κ1) is 14.1. The predicted octanol–water partition coefficient (Wildman–Crippen LogP) is 1.46. The molecule has 3 rings (SSSR count). The van der Waals surface area contributed by atoms with Crippen LogP contribution in [-0.4, -0.2) is 27.2 Å². The standard InChI is InChI=1S/C15H16N4O3/c1-9-4-5-12-11(6-9)18-14(21)15(2,22-12)13(20)17-10-7-16-19(3)8-10/h4-8H,1-3H3,(H,17,20)(H,18,21). The summed E-state index contributed by atoms with van der Waals surface area (Å²) >= 11 is 0. The zero-order chi connectivity index (χ0) is 15.9. The van der Waals surface area contributed by atoms with Gasteiger partial charge in [0.15, 0.2) is 0 Å². The molecule has 0 radical (unpaired) electrons. The summed E-state index contributed by atoms with van der Waals surface area (Å²) in [6, 6.07) is 5.39. The summed E-state index contributed by atoms with van der Waals surface area (Å²) < 4.78 is 7.23. The van der Waals surface area contributed by atoms with E-state index >= 15 is 0 Å². The van der Waals surface area contributed by atoms with Gasteiger partial charge in [-0.1, -0.05) is 6.07 Å². The van der Waals surface area contributed by atoms with Crippen LogP contribution in [0.5, 0.6) is 5.75 Å². The SMILES string of the molecule is Cc1ccc2c(c1)NC(=O)C(C)(C(=O)Nc1cnn(C)c1)O2. The van der Waals surface area contributed by atoms with E-state index < -0.39 is 17.4 Å². The van der Waals surface area contributed by atoms with Gasteiger partial charge in [-0.3, -0.25) is 14.3 Å². The number of nitrogens with zero attached hydrogens (tertiary/aromatic N) is 2. The Balaban J connectivity index is 1.87. The monoisotopic (exact) mass is 300 g/mol. The van der Waals surface area contributed by atoms with Gasteiger partial charge in [0, 0.05) is 13.2 Å². The summed E-state index contributed by atoms with van der Waals surface area (Å²) in [5.41, 5.74) is 0.417. The number of amides is 2. The van der Waals surface area contributed by atoms with E-state index in [2.05, 4.69) is 15.7 Å². The van der Waals surface area contributed by atoms with Crippen molar-refractivity contribution in [2.24, 2.45) is 7.05 Å². The van der Waals surface area contributed by atoms with E-state index in [1.165, 1.54) is 13.1 Å². The third kappa shape index (κ3) is 2.30. The van der Waals surface area contributed by atoms with Crippen molar-refractivity contribution in [1.82, 2.24) is 9.78 Å². The van der Waals surface area contributed by atoms with Crippen molar-refractivity contribution in [2.45, 2.75) is 19.4 Å². The molecule has 1 aliphatic rings. The van der Waals surface area contributed by atoms with Crippen molar-refractivity contribution in [3.05, 3.63) is 36.2 Å². The normalized spacial score (nSPS) is 19.9. The van der Waals surface area contributed by atoms with Gasteiger partial charge < -0.3 is 15.4 Å². The molecular formula is C15H16N4O3. The Bertz CT molecular complexity index is 768. The highest BCUT2D eigenvalue weighted by atomic mass is 16.5. The number of nitrogens with one attached hydrogen (secondary N) is 2. The van der Waals surface area contributed by atoms with E-state index in [1.807, 2.05) is 13.0 Å². The van der Waals surface area contributed by atoms with Gasteiger partial charge in [0.1, 0.15) is 5.75 Å². The number of carbonyl (C=O) groups is 2. The molecule has 0 fully saturated rings. The van der Waals surface area contributed by atoms with Gasteiger partial charge in [0.2, 0.25) is 0 Å². The van der Waals surface area contributed by atoms with Crippen LogP contribution in [0.1, 0.15) is 12.5 Å². The van der Waals surface area contributed by atoms with Crippen LogP contribution in [0.2, 0.25) is 0 Å². The molecule has 7 heteroatoms. The zero-order valence-electron chi connectivity index (χ0n) is 12.5. The average molecular weight is 300 g/mol. The van der Waals surface area contributed by atoms with Crippen molar-refractivity contribution in [2.75, 3.05) is 10.6 Å². The molecule has 22 heavy (non-hydrogen) atoms. The average Bonchev–Trinajstić information content (AvgIpc) is 2.86. The van der Waals surface area contributed by atoms with Gasteiger partial charge in [-0.2, -0.15) is 5.10 Å². The molecular weight excluding hydrogens is 284 g/mol. The summed E-state index contributed by atoms with van der Waals surface area (Å²) in [5, 5.41) is 9.32. The highest BCUT2D eigenvalue weighted by molar-refractivity contribution is 6.18. The van der Waals surface area contributed by atoms with Crippen LogP contribution in [0.4, 0.5) is 11.4 Å². The van der Waals surface area contributed by atoms with Crippen molar-refractivity contribution in [1.29, 1.82) is 0 Å². The maximum absolute atomic E-state index is 12.5. The highest BCUT2D eigenvalue weighted by Gasteiger charge is 2.47. The molecule has 0 saturated heterocycles. The molecule has 0 spiro atoms. The Labute approximate surface area is 127 Å². The van der Waals surface area contributed by atoms with Crippen molar-refractivity contribution in [3.8, 4) is 5.75 Å². The van der Waals surface area contributed by atoms with E-state index in [-0.39, 0.29) is 0 Å². The minimum absolute atomic E-state index is 0.467. The van der Waals surface area contributed by atoms with Crippen LogP contribution < -0.4 is 15.4 Å². The van der Waals surface area contributed by atoms with E-state index in [4.69, 9.17) is 4.74 Å². The summed E-state index contributed by atoms with van der Waals surface area (Å²) in [6.07, 6.45) is 3.14. The molecule has 2 aromatic rings. The fourth-order valence-corrected chi connectivity index (χ4v) is 2.22. The molecule has 2 N–H and O–H groups in total. The molecule has 114 valence electrons. The summed E-state index contributed by atoms with van der Waals surface area (Å²) in [6.45, 7) is 3.35. The summed E-state index contributed by atoms with van der Waals surface area (Å²) in [4.78, 5) is 24.8. The molecule has 0 bridgehead atoms. The maximum Gasteiger partial charge on any atom is 0.278 e. The third-order valence-corrected chi connectivity index (χ3v) is 3.53. The van der Waals surface area contributed by atoms with Crippen molar-refractivity contribution < 1.29 is 14.3 Å². The zero-order valence-corrected chi connectivity index (χ0v) is 12.5. The first-order chi connectivity index (χ1) is 10.4. The second-order valence-electron chi connectivity index (χ2n) is 5.45. The number of hydrogen-bond acceptors (Lipinski definition) is 4. The number of ether oxygens (including phenoxy) is 1. The Morgan fingerprint density at radius 1 is 1.45 bits per heavy atom. The van der Waals surface area contributed by atoms with Gasteiger partial charge in [0.25, 0.3) is 17.4 Å². The van der Waals surface area contributed by atoms with Crippen molar-refractivity contribution >= 4 is 23.2 Å². The molecule has 1 aromatic carbocycles. The van der Waals surface area contributed by atoms with Gasteiger partial charge in [0.05, 0.1) is 17.6 Å². The topological polar surface area (TPSA) is 85.3 Å². The number of rotatable bonds is 2. The number of aryl methyl sites for hydroxylation is 2. The Kier molecular flexibility index (Phi) is 3.13. The van der Waals surface area contributed by atoms with E-state index in [1.54, 1.807) is 30.1 Å². The summed E-state index contributed by atoms with van der Waals surface area (Å²) in [7, 11) is 1.74. The lowest BCUT2D eigenvalue weighted by molar-refractivity contribution is -0.143. The highest BCUT2D eigenvalue weighted by Crippen LogP contribution is 2.34. The first-order valence-corrected chi connectivity index (χ1v) is 6.80. The molecule has 7 nitrogen and oxygen atoms in total. The second kappa shape index (κ2) is 4.87. The predicted molar refractivity (Wildman–Crippen MR) is 80.7 cm³/mol. The lowest BCUT2D eigenvalue weighted by Crippen LogP contribution is -2.56. The maximum atomic E-state index is 12.5. The Morgan fingerprint density at radius 3 is 2.91 bits per heavy atom. The van der Waals surface area contributed by atoms with Crippen molar-refractivity contribution in [3.63, 3.8) is 0 Å². The molecule has 1 atom stereocenters. The molecule has 0 aliphatic carbocycles. The van der Waals surface area contributed by atoms with Gasteiger partial charge in [-0.05, 0) is 31.5 Å². The fourth-order valence-electron chi connectivity index (χ4n) is 2.22. The second-order valence-corrected chi connectivity index (χ2v) is 5.45. The molecule has 2 heterocycles. The Morgan fingerprint density at radius 2 is 2.23 bits per heavy atom. The van der Waals surface area contributed by atoms with E-state index in [9.17, 15) is 9.59 Å². The number of carbonyl (C=O) groups excluding carboxylic acids is 2. The molecule has 1 aliphatic heterocycles. The lowest BCUT2D eigenvalue weighted by Gasteiger charge is -2.33. The third-order valence-electron chi connectivity index (χ3n) is 3.53. The smallest absolute Gasteiger partial charge is 0.278 e. The van der Waals surface area contributed by atoms with E-state index in [0.717, 1.165) is 5.56 Å². The largest absolute Gasteiger partial charge is 0.466 e. The van der Waals surface area contributed by atoms with Crippen LogP contribution >= 0.6 is 0 Å². The number of anilines is 2. The van der Waals surface area contributed by atoms with Crippen LogP contribution in [0, 0.1) is 6.92 Å². The van der Waals surface area contributed by atoms with Crippen LogP contribution in [-0.2, 0) is 16.6 Å². The molecule has 1 aromatic heterocycles. The van der Waals surface area contributed by atoms with E-state index in [0.29, 0.717) is 17.1 Å². The number of benzene rings is 1. The van der Waals surface area contributed by atoms with Gasteiger partial charge in [-0.15, -0.1) is 0 Å². The van der Waals surface area contributed by atoms with Gasteiger partial charge >= 0.3 is 0 Å². The molecule has 1 unspecified atom stereocenters. The fraction of sp³-hybridized carbons (Fsp3) is 0.267. The van der Waals surface area contributed by atoms with Crippen LogP contribution in [0.3, 0.4) is 0 Å². The minimum atomic E-state index is -1.64. The summed E-state index contributed by atoms with van der Waals surface area (Å²) in [5.74, 6) is -0.592. The van der Waals surface area contributed by atoms with Crippen LogP contribution in [0.25, 0.3) is 0 Å². The van der Waals surface area contributed by atoms with Crippen LogP contribution in [0.15, 0.2) is 30.6 Å². The number of aromatic nitrogens is 2. The quantitative estimate of drug-likeness (QED) is 0.822. The molecule has 2 amide bonds. The van der Waals surface area contributed by atoms with Gasteiger partial charge in [-0.25, -0.2) is 0 Å². The Hall–Kier alpha value is -2.83. The number of fused-ring (bicyclic) bond motifs is 1.